The molecule has 0 atom stereocenters. The van der Waals surface area contributed by atoms with Gasteiger partial charge >= 0.3 is 0 Å². The molecular formula is C14H14BrN3O. The summed E-state index contributed by atoms with van der Waals surface area (Å²) in [6.45, 7) is 2.48. The van der Waals surface area contributed by atoms with Crippen molar-refractivity contribution in [2.45, 2.75) is 19.9 Å². The minimum Gasteiger partial charge on any atom is -0.345 e. The predicted molar refractivity (Wildman–Crippen MR) is 76.7 cm³/mol. The molecule has 0 saturated heterocycles. The number of amides is 1. The van der Waals surface area contributed by atoms with Crippen molar-refractivity contribution in [3.05, 3.63) is 58.1 Å². The second-order valence-corrected chi connectivity index (χ2v) is 4.80. The Balaban J connectivity index is 2.04. The maximum atomic E-state index is 11.9. The topological polar surface area (TPSA) is 54.9 Å². The number of carbonyl (C=O) groups excluding carboxylic acids is 1. The second kappa shape index (κ2) is 6.43. The van der Waals surface area contributed by atoms with E-state index in [0.29, 0.717) is 16.8 Å². The molecule has 5 heteroatoms. The van der Waals surface area contributed by atoms with Crippen molar-refractivity contribution < 1.29 is 4.79 Å². The fraction of sp³-hybridized carbons (Fsp3) is 0.214. The summed E-state index contributed by atoms with van der Waals surface area (Å²) in [5.74, 6) is -0.200. The van der Waals surface area contributed by atoms with Gasteiger partial charge in [0.15, 0.2) is 0 Å². The molecule has 0 aromatic carbocycles. The maximum Gasteiger partial charge on any atom is 0.270 e. The van der Waals surface area contributed by atoms with Crippen LogP contribution in [0.5, 0.6) is 0 Å². The van der Waals surface area contributed by atoms with Crippen molar-refractivity contribution in [1.29, 1.82) is 0 Å². The first-order chi connectivity index (χ1) is 9.20. The number of hydrogen-bond acceptors (Lipinski definition) is 3. The highest BCUT2D eigenvalue weighted by molar-refractivity contribution is 9.10. The Kier molecular flexibility index (Phi) is 4.63. The van der Waals surface area contributed by atoms with Crippen LogP contribution in [0.25, 0.3) is 0 Å². The van der Waals surface area contributed by atoms with Gasteiger partial charge in [0.05, 0.1) is 12.2 Å². The lowest BCUT2D eigenvalue weighted by Crippen LogP contribution is -2.24. The molecule has 1 N–H and O–H groups in total. The van der Waals surface area contributed by atoms with Gasteiger partial charge in [0.2, 0.25) is 0 Å². The van der Waals surface area contributed by atoms with E-state index in [-0.39, 0.29) is 5.91 Å². The van der Waals surface area contributed by atoms with Crippen LogP contribution in [0.2, 0.25) is 0 Å². The van der Waals surface area contributed by atoms with E-state index >= 15 is 0 Å². The van der Waals surface area contributed by atoms with Gasteiger partial charge in [-0.3, -0.25) is 9.78 Å². The van der Waals surface area contributed by atoms with Crippen molar-refractivity contribution >= 4 is 21.8 Å². The van der Waals surface area contributed by atoms with E-state index in [1.54, 1.807) is 24.4 Å². The van der Waals surface area contributed by atoms with Crippen LogP contribution in [0.1, 0.15) is 28.7 Å². The van der Waals surface area contributed by atoms with Crippen molar-refractivity contribution in [3.63, 3.8) is 0 Å². The Morgan fingerprint density at radius 2 is 2.16 bits per heavy atom. The molecule has 2 aromatic heterocycles. The van der Waals surface area contributed by atoms with Gasteiger partial charge in [0.25, 0.3) is 5.91 Å². The highest BCUT2D eigenvalue weighted by atomic mass is 79.9. The van der Waals surface area contributed by atoms with Crippen molar-refractivity contribution in [2.24, 2.45) is 0 Å². The number of aryl methyl sites for hydroxylation is 1. The summed E-state index contributed by atoms with van der Waals surface area (Å²) in [5, 5.41) is 2.83. The first-order valence-electron chi connectivity index (χ1n) is 6.04. The van der Waals surface area contributed by atoms with Crippen LogP contribution in [0.3, 0.4) is 0 Å². The molecule has 19 heavy (non-hydrogen) atoms. The minimum atomic E-state index is -0.200. The molecular weight excluding hydrogens is 306 g/mol. The van der Waals surface area contributed by atoms with Crippen LogP contribution in [0, 0.1) is 0 Å². The fourth-order valence-corrected chi connectivity index (χ4v) is 2.09. The van der Waals surface area contributed by atoms with E-state index in [4.69, 9.17) is 0 Å². The van der Waals surface area contributed by atoms with E-state index < -0.39 is 0 Å². The third-order valence-corrected chi connectivity index (χ3v) is 3.17. The summed E-state index contributed by atoms with van der Waals surface area (Å²) in [6.07, 6.45) is 2.63. The number of hydrogen-bond donors (Lipinski definition) is 1. The summed E-state index contributed by atoms with van der Waals surface area (Å²) in [7, 11) is 0. The van der Waals surface area contributed by atoms with Crippen LogP contribution < -0.4 is 5.32 Å². The van der Waals surface area contributed by atoms with Gasteiger partial charge in [0, 0.05) is 6.20 Å². The van der Waals surface area contributed by atoms with Gasteiger partial charge in [-0.15, -0.1) is 0 Å². The van der Waals surface area contributed by atoms with E-state index in [1.165, 1.54) is 0 Å². The molecule has 98 valence electrons. The zero-order valence-corrected chi connectivity index (χ0v) is 12.1. The van der Waals surface area contributed by atoms with E-state index in [2.05, 4.69) is 38.1 Å². The highest BCUT2D eigenvalue weighted by Crippen LogP contribution is 2.08. The molecule has 0 saturated carbocycles. The Morgan fingerprint density at radius 1 is 1.32 bits per heavy atom. The second-order valence-electron chi connectivity index (χ2n) is 3.99. The summed E-state index contributed by atoms with van der Waals surface area (Å²) in [6, 6.07) is 9.17. The number of rotatable bonds is 4. The summed E-state index contributed by atoms with van der Waals surface area (Å²) in [5.41, 5.74) is 2.43. The van der Waals surface area contributed by atoms with E-state index in [0.717, 1.165) is 17.7 Å². The van der Waals surface area contributed by atoms with Gasteiger partial charge in [0.1, 0.15) is 10.3 Å². The van der Waals surface area contributed by atoms with Crippen LogP contribution in [0.15, 0.2) is 41.1 Å². The third-order valence-electron chi connectivity index (χ3n) is 2.73. The predicted octanol–water partition coefficient (Wildman–Crippen LogP) is 2.73. The van der Waals surface area contributed by atoms with E-state index in [1.807, 2.05) is 12.1 Å². The van der Waals surface area contributed by atoms with Gasteiger partial charge in [-0.25, -0.2) is 4.98 Å². The maximum absolute atomic E-state index is 11.9. The standard InChI is InChI=1S/C14H14BrN3O/c1-2-10-5-4-8-16-12(10)9-17-14(19)11-6-3-7-13(15)18-11/h3-8H,2,9H2,1H3,(H,17,19). The molecule has 0 spiro atoms. The van der Waals surface area contributed by atoms with Gasteiger partial charge in [-0.05, 0) is 46.1 Å². The molecule has 0 bridgehead atoms. The number of nitrogens with one attached hydrogen (secondary N) is 1. The van der Waals surface area contributed by atoms with Crippen molar-refractivity contribution in [1.82, 2.24) is 15.3 Å². The molecule has 2 heterocycles. The molecule has 0 radical (unpaired) electrons. The summed E-state index contributed by atoms with van der Waals surface area (Å²) < 4.78 is 0.646. The normalized spacial score (nSPS) is 10.2. The van der Waals surface area contributed by atoms with Gasteiger partial charge in [-0.2, -0.15) is 0 Å². The van der Waals surface area contributed by atoms with E-state index in [9.17, 15) is 4.79 Å². The van der Waals surface area contributed by atoms with Crippen LogP contribution in [-0.4, -0.2) is 15.9 Å². The molecule has 0 aliphatic carbocycles. The van der Waals surface area contributed by atoms with Gasteiger partial charge < -0.3 is 5.32 Å². The first kappa shape index (κ1) is 13.7. The Morgan fingerprint density at radius 3 is 2.89 bits per heavy atom. The van der Waals surface area contributed by atoms with Crippen molar-refractivity contribution in [3.8, 4) is 0 Å². The van der Waals surface area contributed by atoms with Crippen LogP contribution >= 0.6 is 15.9 Å². The minimum absolute atomic E-state index is 0.200. The largest absolute Gasteiger partial charge is 0.345 e. The number of nitrogens with zero attached hydrogens (tertiary/aromatic N) is 2. The average molecular weight is 320 g/mol. The van der Waals surface area contributed by atoms with Gasteiger partial charge in [-0.1, -0.05) is 19.1 Å². The number of halogens is 1. The average Bonchev–Trinajstić information content (AvgIpc) is 2.45. The molecule has 2 rings (SSSR count). The zero-order valence-electron chi connectivity index (χ0n) is 10.6. The Hall–Kier alpha value is -1.75. The van der Waals surface area contributed by atoms with Crippen LogP contribution in [-0.2, 0) is 13.0 Å². The fourth-order valence-electron chi connectivity index (χ4n) is 1.74. The van der Waals surface area contributed by atoms with Crippen molar-refractivity contribution in [2.75, 3.05) is 0 Å². The molecule has 0 aliphatic heterocycles. The van der Waals surface area contributed by atoms with Crippen LogP contribution in [0.4, 0.5) is 0 Å². The lowest BCUT2D eigenvalue weighted by Gasteiger charge is -2.08. The Bertz CT molecular complexity index is 586. The molecule has 2 aromatic rings. The SMILES string of the molecule is CCc1cccnc1CNC(=O)c1cccc(Br)n1. The number of pyridine rings is 2. The quantitative estimate of drug-likeness (QED) is 0.881. The lowest BCUT2D eigenvalue weighted by molar-refractivity contribution is 0.0945. The molecule has 1 amide bonds. The number of carbonyl (C=O) groups is 1. The summed E-state index contributed by atoms with van der Waals surface area (Å²) in [4.78, 5) is 20.3. The molecule has 0 fully saturated rings. The smallest absolute Gasteiger partial charge is 0.270 e. The molecule has 4 nitrogen and oxygen atoms in total. The molecule has 0 aliphatic rings. The Labute approximate surface area is 120 Å². The first-order valence-corrected chi connectivity index (χ1v) is 6.83. The monoisotopic (exact) mass is 319 g/mol. The molecule has 0 unspecified atom stereocenters. The number of aromatic nitrogens is 2. The zero-order chi connectivity index (χ0) is 13.7. The highest BCUT2D eigenvalue weighted by Gasteiger charge is 2.08. The lowest BCUT2D eigenvalue weighted by atomic mass is 10.1. The summed E-state index contributed by atoms with van der Waals surface area (Å²) >= 11 is 3.25. The third kappa shape index (κ3) is 3.61.